The van der Waals surface area contributed by atoms with Crippen LogP contribution in [0.1, 0.15) is 11.5 Å². The first-order valence-electron chi connectivity index (χ1n) is 17.8. The number of rotatable bonds is 4. The molecule has 0 bridgehead atoms. The Morgan fingerprint density at radius 2 is 1.02 bits per heavy atom. The summed E-state index contributed by atoms with van der Waals surface area (Å²) in [5.41, 5.74) is 13.6. The van der Waals surface area contributed by atoms with E-state index in [0.717, 1.165) is 0 Å². The number of hydrogen-bond acceptors (Lipinski definition) is 1. The van der Waals surface area contributed by atoms with Gasteiger partial charge < -0.3 is 14.0 Å². The Labute approximate surface area is 296 Å². The molecule has 0 amide bonds. The molecule has 240 valence electrons. The van der Waals surface area contributed by atoms with Crippen LogP contribution in [-0.2, 0) is 0 Å². The summed E-state index contributed by atoms with van der Waals surface area (Å²) in [5, 5.41) is 5.09. The van der Waals surface area contributed by atoms with Crippen molar-refractivity contribution in [1.29, 1.82) is 0 Å². The first-order valence-corrected chi connectivity index (χ1v) is 17.8. The second kappa shape index (κ2) is 11.0. The van der Waals surface area contributed by atoms with Gasteiger partial charge in [0.05, 0.1) is 28.1 Å². The molecule has 0 radical (unpaired) electrons. The highest BCUT2D eigenvalue weighted by molar-refractivity contribution is 6.19. The SMILES string of the molecule is C1=CC2C(C=C1n1c3ccccc3c3cc4c5ccccc5n(-c5ccccc5)c4cc31)c1ccccc1N2c1cccc(-c2ccccc2)c1. The summed E-state index contributed by atoms with van der Waals surface area (Å²) < 4.78 is 4.91. The second-order valence-corrected chi connectivity index (χ2v) is 13.7. The van der Waals surface area contributed by atoms with Gasteiger partial charge in [-0.25, -0.2) is 0 Å². The van der Waals surface area contributed by atoms with Crippen LogP contribution < -0.4 is 4.90 Å². The Morgan fingerprint density at radius 1 is 0.412 bits per heavy atom. The van der Waals surface area contributed by atoms with Crippen molar-refractivity contribution in [1.82, 2.24) is 9.13 Å². The minimum atomic E-state index is 0.178. The van der Waals surface area contributed by atoms with Crippen LogP contribution in [-0.4, -0.2) is 15.2 Å². The fraction of sp³-hybridized carbons (Fsp3) is 0.0417. The number of nitrogens with zero attached hydrogens (tertiary/aromatic N) is 3. The summed E-state index contributed by atoms with van der Waals surface area (Å²) in [6.07, 6.45) is 7.28. The Balaban J connectivity index is 1.11. The van der Waals surface area contributed by atoms with Crippen molar-refractivity contribution in [2.24, 2.45) is 0 Å². The van der Waals surface area contributed by atoms with E-state index in [1.807, 2.05) is 0 Å². The lowest BCUT2D eigenvalue weighted by Crippen LogP contribution is -2.29. The van der Waals surface area contributed by atoms with E-state index < -0.39 is 0 Å². The number of fused-ring (bicyclic) bond motifs is 9. The smallest absolute Gasteiger partial charge is 0.0631 e. The van der Waals surface area contributed by atoms with Gasteiger partial charge in [-0.05, 0) is 77.4 Å². The average Bonchev–Trinajstić information content (AvgIpc) is 3.83. The summed E-state index contributed by atoms with van der Waals surface area (Å²) in [7, 11) is 0. The molecule has 2 unspecified atom stereocenters. The molecule has 0 spiro atoms. The third kappa shape index (κ3) is 4.18. The highest BCUT2D eigenvalue weighted by Gasteiger charge is 2.38. The minimum absolute atomic E-state index is 0.178. The Kier molecular flexibility index (Phi) is 6.08. The second-order valence-electron chi connectivity index (χ2n) is 13.7. The van der Waals surface area contributed by atoms with Crippen LogP contribution in [0.4, 0.5) is 11.4 Å². The number of para-hydroxylation sites is 4. The maximum absolute atomic E-state index is 2.53. The van der Waals surface area contributed by atoms with Gasteiger partial charge in [-0.3, -0.25) is 0 Å². The predicted octanol–water partition coefficient (Wildman–Crippen LogP) is 12.3. The van der Waals surface area contributed by atoms with Crippen LogP contribution in [0.5, 0.6) is 0 Å². The zero-order valence-corrected chi connectivity index (χ0v) is 27.9. The van der Waals surface area contributed by atoms with E-state index in [1.165, 1.54) is 83.1 Å². The Hall–Kier alpha value is -6.58. The van der Waals surface area contributed by atoms with Crippen LogP contribution in [0.3, 0.4) is 0 Å². The van der Waals surface area contributed by atoms with Crippen LogP contribution in [0.25, 0.3) is 66.1 Å². The highest BCUT2D eigenvalue weighted by atomic mass is 15.2. The normalized spacial score (nSPS) is 16.6. The monoisotopic (exact) mass is 651 g/mol. The van der Waals surface area contributed by atoms with E-state index in [-0.39, 0.29) is 12.0 Å². The van der Waals surface area contributed by atoms with Crippen LogP contribution in [0, 0.1) is 0 Å². The molecule has 1 aliphatic heterocycles. The van der Waals surface area contributed by atoms with Crippen molar-refractivity contribution in [3.05, 3.63) is 194 Å². The topological polar surface area (TPSA) is 13.1 Å². The molecule has 3 heteroatoms. The van der Waals surface area contributed by atoms with Gasteiger partial charge in [0.1, 0.15) is 0 Å². The molecule has 7 aromatic carbocycles. The fourth-order valence-corrected chi connectivity index (χ4v) is 8.82. The third-order valence-corrected chi connectivity index (χ3v) is 11.0. The fourth-order valence-electron chi connectivity index (χ4n) is 8.82. The van der Waals surface area contributed by atoms with Gasteiger partial charge in [0, 0.05) is 50.2 Å². The number of allylic oxidation sites excluding steroid dienone is 2. The molecule has 0 fully saturated rings. The lowest BCUT2D eigenvalue weighted by Gasteiger charge is -2.30. The quantitative estimate of drug-likeness (QED) is 0.185. The van der Waals surface area contributed by atoms with E-state index in [2.05, 4.69) is 202 Å². The van der Waals surface area contributed by atoms with Gasteiger partial charge in [0.2, 0.25) is 0 Å². The largest absolute Gasteiger partial charge is 0.333 e. The van der Waals surface area contributed by atoms with Gasteiger partial charge in [-0.2, -0.15) is 0 Å². The van der Waals surface area contributed by atoms with Gasteiger partial charge >= 0.3 is 0 Å². The number of anilines is 2. The summed E-state index contributed by atoms with van der Waals surface area (Å²) in [5.74, 6) is 0.206. The molecule has 2 aromatic heterocycles. The van der Waals surface area contributed by atoms with Crippen LogP contribution >= 0.6 is 0 Å². The summed E-state index contributed by atoms with van der Waals surface area (Å²) in [4.78, 5) is 2.53. The molecule has 0 saturated heterocycles. The number of aromatic nitrogens is 2. The zero-order chi connectivity index (χ0) is 33.5. The van der Waals surface area contributed by atoms with Crippen molar-refractivity contribution < 1.29 is 0 Å². The van der Waals surface area contributed by atoms with Gasteiger partial charge in [-0.15, -0.1) is 0 Å². The maximum atomic E-state index is 2.53. The van der Waals surface area contributed by atoms with Gasteiger partial charge in [-0.1, -0.05) is 127 Å². The van der Waals surface area contributed by atoms with Crippen LogP contribution in [0.15, 0.2) is 188 Å². The maximum Gasteiger partial charge on any atom is 0.0631 e. The van der Waals surface area contributed by atoms with Crippen molar-refractivity contribution in [3.8, 4) is 16.8 Å². The zero-order valence-electron chi connectivity index (χ0n) is 27.9. The van der Waals surface area contributed by atoms with E-state index in [1.54, 1.807) is 0 Å². The highest BCUT2D eigenvalue weighted by Crippen LogP contribution is 2.50. The molecule has 0 N–H and O–H groups in total. The molecule has 2 atom stereocenters. The van der Waals surface area contributed by atoms with Crippen molar-refractivity contribution in [2.45, 2.75) is 12.0 Å². The lowest BCUT2D eigenvalue weighted by molar-refractivity contribution is 0.743. The molecule has 51 heavy (non-hydrogen) atoms. The first kappa shape index (κ1) is 28.3. The number of benzene rings is 7. The standard InChI is InChI=1S/C48H33N3/c1-3-14-32(15-4-1)33-16-13-19-35(28-33)50-44-24-11-7-20-37(44)40-29-36(26-27-46(40)50)51-45-25-12-9-22-39(45)42-30-41-38-21-8-10-23-43(38)49(47(41)31-48(42)51)34-17-5-2-6-18-34/h1-31,40,46H. The Morgan fingerprint density at radius 3 is 1.80 bits per heavy atom. The summed E-state index contributed by atoms with van der Waals surface area (Å²) in [6, 6.07) is 62.1. The molecule has 3 nitrogen and oxygen atoms in total. The van der Waals surface area contributed by atoms with E-state index in [0.29, 0.717) is 0 Å². The summed E-state index contributed by atoms with van der Waals surface area (Å²) in [6.45, 7) is 0. The molecule has 1 aliphatic carbocycles. The molecule has 11 rings (SSSR count). The average molecular weight is 652 g/mol. The molecule has 2 aliphatic rings. The minimum Gasteiger partial charge on any atom is -0.333 e. The number of hydrogen-bond donors (Lipinski definition) is 0. The molecule has 9 aromatic rings. The first-order chi connectivity index (χ1) is 25.3. The van der Waals surface area contributed by atoms with Crippen molar-refractivity contribution in [2.75, 3.05) is 4.90 Å². The summed E-state index contributed by atoms with van der Waals surface area (Å²) >= 11 is 0. The molecular formula is C48H33N3. The van der Waals surface area contributed by atoms with E-state index in [9.17, 15) is 0 Å². The van der Waals surface area contributed by atoms with Crippen LogP contribution in [0.2, 0.25) is 0 Å². The predicted molar refractivity (Wildman–Crippen MR) is 214 cm³/mol. The van der Waals surface area contributed by atoms with Gasteiger partial charge in [0.15, 0.2) is 0 Å². The van der Waals surface area contributed by atoms with Crippen molar-refractivity contribution in [3.63, 3.8) is 0 Å². The van der Waals surface area contributed by atoms with E-state index in [4.69, 9.17) is 0 Å². The Bertz CT molecular complexity index is 2870. The molecule has 3 heterocycles. The molecule has 0 saturated carbocycles. The van der Waals surface area contributed by atoms with Crippen molar-refractivity contribution >= 4 is 60.7 Å². The molecular weight excluding hydrogens is 619 g/mol. The van der Waals surface area contributed by atoms with Gasteiger partial charge in [0.25, 0.3) is 0 Å². The lowest BCUT2D eigenvalue weighted by atomic mass is 9.90. The van der Waals surface area contributed by atoms with E-state index >= 15 is 0 Å². The third-order valence-electron chi connectivity index (χ3n) is 11.0.